The van der Waals surface area contributed by atoms with Crippen LogP contribution in [0.25, 0.3) is 5.76 Å². The van der Waals surface area contributed by atoms with Crippen LogP contribution in [0.4, 0.5) is 0 Å². The van der Waals surface area contributed by atoms with E-state index in [-0.39, 0.29) is 22.9 Å². The van der Waals surface area contributed by atoms with Gasteiger partial charge in [-0.05, 0) is 35.7 Å². The summed E-state index contributed by atoms with van der Waals surface area (Å²) in [7, 11) is 3.01. The number of Topliss-reactive ketones (excluding diaryl/α,β-unsaturated/α-hetero) is 1. The van der Waals surface area contributed by atoms with Gasteiger partial charge in [0.05, 0.1) is 37.4 Å². The molecule has 2 heterocycles. The number of aliphatic hydroxyl groups is 1. The molecule has 1 N–H and O–H groups in total. The molecule has 1 amide bonds. The zero-order chi connectivity index (χ0) is 22.8. The second kappa shape index (κ2) is 9.06. The maximum absolute atomic E-state index is 13.1. The highest BCUT2D eigenvalue weighted by molar-refractivity contribution is 7.09. The summed E-state index contributed by atoms with van der Waals surface area (Å²) in [5.41, 5.74) is 0.897. The monoisotopic (exact) mass is 469 g/mol. The summed E-state index contributed by atoms with van der Waals surface area (Å²) in [6.45, 7) is 0.227. The van der Waals surface area contributed by atoms with E-state index in [1.54, 1.807) is 36.4 Å². The van der Waals surface area contributed by atoms with Crippen LogP contribution >= 0.6 is 22.9 Å². The van der Waals surface area contributed by atoms with Crippen LogP contribution in [-0.4, -0.2) is 35.9 Å². The summed E-state index contributed by atoms with van der Waals surface area (Å²) in [4.78, 5) is 28.6. The molecule has 1 aliphatic rings. The number of ether oxygens (including phenoxy) is 2. The van der Waals surface area contributed by atoms with Crippen molar-refractivity contribution >= 4 is 40.4 Å². The van der Waals surface area contributed by atoms with Crippen molar-refractivity contribution in [3.63, 3.8) is 0 Å². The smallest absolute Gasteiger partial charge is 0.295 e. The largest absolute Gasteiger partial charge is 0.507 e. The van der Waals surface area contributed by atoms with Crippen LogP contribution in [0.1, 0.15) is 22.0 Å². The molecule has 0 aliphatic carbocycles. The first-order valence-electron chi connectivity index (χ1n) is 9.74. The van der Waals surface area contributed by atoms with Crippen LogP contribution < -0.4 is 9.47 Å². The Labute approximate surface area is 194 Å². The summed E-state index contributed by atoms with van der Waals surface area (Å²) in [5.74, 6) is -0.813. The van der Waals surface area contributed by atoms with E-state index >= 15 is 0 Å². The number of likely N-dealkylation sites (tertiary alicyclic amines) is 1. The van der Waals surface area contributed by atoms with Gasteiger partial charge in [-0.1, -0.05) is 35.9 Å². The van der Waals surface area contributed by atoms with E-state index < -0.39 is 17.7 Å². The zero-order valence-electron chi connectivity index (χ0n) is 17.4. The van der Waals surface area contributed by atoms with Crippen LogP contribution in [0.15, 0.2) is 65.6 Å². The molecule has 0 radical (unpaired) electrons. The third kappa shape index (κ3) is 3.85. The summed E-state index contributed by atoms with van der Waals surface area (Å²) in [6, 6.07) is 14.8. The topological polar surface area (TPSA) is 76.1 Å². The molecule has 0 bridgehead atoms. The Balaban J connectivity index is 1.90. The molecule has 1 unspecified atom stereocenters. The third-order valence-electron chi connectivity index (χ3n) is 5.30. The first kappa shape index (κ1) is 21.9. The van der Waals surface area contributed by atoms with Crippen molar-refractivity contribution in [1.29, 1.82) is 0 Å². The van der Waals surface area contributed by atoms with Gasteiger partial charge < -0.3 is 19.5 Å². The maximum Gasteiger partial charge on any atom is 0.295 e. The summed E-state index contributed by atoms with van der Waals surface area (Å²) < 4.78 is 10.7. The number of nitrogens with zero attached hydrogens (tertiary/aromatic N) is 1. The molecule has 3 aromatic rings. The number of aliphatic hydroxyl groups excluding tert-OH is 1. The average Bonchev–Trinajstić information content (AvgIpc) is 3.41. The number of carbonyl (C=O) groups is 2. The van der Waals surface area contributed by atoms with E-state index in [1.165, 1.54) is 36.5 Å². The maximum atomic E-state index is 13.1. The van der Waals surface area contributed by atoms with Gasteiger partial charge in [-0.3, -0.25) is 9.59 Å². The number of ketones is 1. The number of halogens is 1. The van der Waals surface area contributed by atoms with Crippen molar-refractivity contribution in [2.45, 2.75) is 12.6 Å². The summed E-state index contributed by atoms with van der Waals surface area (Å²) in [5, 5.41) is 13.4. The van der Waals surface area contributed by atoms with Crippen molar-refractivity contribution in [3.05, 3.63) is 86.6 Å². The molecule has 1 atom stereocenters. The quantitative estimate of drug-likeness (QED) is 0.311. The number of carbonyl (C=O) groups excluding carboxylic acids is 2. The van der Waals surface area contributed by atoms with Gasteiger partial charge in [0.2, 0.25) is 0 Å². The minimum Gasteiger partial charge on any atom is -0.507 e. The molecule has 0 saturated carbocycles. The zero-order valence-corrected chi connectivity index (χ0v) is 18.9. The lowest BCUT2D eigenvalue weighted by Crippen LogP contribution is -2.29. The number of benzene rings is 2. The van der Waals surface area contributed by atoms with Crippen LogP contribution in [0.5, 0.6) is 11.5 Å². The Morgan fingerprint density at radius 3 is 2.47 bits per heavy atom. The molecule has 1 aliphatic heterocycles. The predicted octanol–water partition coefficient (Wildman–Crippen LogP) is 5.04. The molecule has 0 spiro atoms. The molecule has 1 saturated heterocycles. The highest BCUT2D eigenvalue weighted by Gasteiger charge is 2.47. The Bertz CT molecular complexity index is 1200. The number of methoxy groups -OCH3 is 2. The van der Waals surface area contributed by atoms with Gasteiger partial charge in [-0.2, -0.15) is 0 Å². The Morgan fingerprint density at radius 2 is 1.81 bits per heavy atom. The fourth-order valence-electron chi connectivity index (χ4n) is 3.80. The highest BCUT2D eigenvalue weighted by atomic mass is 35.5. The number of hydrogen-bond donors (Lipinski definition) is 1. The van der Waals surface area contributed by atoms with Crippen molar-refractivity contribution in [1.82, 2.24) is 4.90 Å². The second-order valence-electron chi connectivity index (χ2n) is 7.10. The van der Waals surface area contributed by atoms with E-state index in [0.29, 0.717) is 22.6 Å². The molecule has 8 heteroatoms. The van der Waals surface area contributed by atoms with Gasteiger partial charge in [-0.15, -0.1) is 11.3 Å². The van der Waals surface area contributed by atoms with Crippen LogP contribution in [-0.2, 0) is 16.1 Å². The molecule has 1 fully saturated rings. The normalized spacial score (nSPS) is 17.6. The fraction of sp³-hybridized carbons (Fsp3) is 0.167. The van der Waals surface area contributed by atoms with Gasteiger partial charge in [0.15, 0.2) is 0 Å². The lowest BCUT2D eigenvalue weighted by atomic mass is 9.94. The average molecular weight is 470 g/mol. The molecular formula is C24H20ClNO5S. The summed E-state index contributed by atoms with van der Waals surface area (Å²) in [6.07, 6.45) is 0. The van der Waals surface area contributed by atoms with Crippen LogP contribution in [0, 0.1) is 0 Å². The van der Waals surface area contributed by atoms with Gasteiger partial charge in [0.1, 0.15) is 17.3 Å². The van der Waals surface area contributed by atoms with Gasteiger partial charge in [0, 0.05) is 16.0 Å². The molecular weight excluding hydrogens is 450 g/mol. The van der Waals surface area contributed by atoms with Crippen molar-refractivity contribution in [3.8, 4) is 11.5 Å². The second-order valence-corrected chi connectivity index (χ2v) is 8.54. The molecule has 164 valence electrons. The van der Waals surface area contributed by atoms with E-state index in [4.69, 9.17) is 21.1 Å². The molecule has 1 aromatic heterocycles. The lowest BCUT2D eigenvalue weighted by Gasteiger charge is -2.26. The predicted molar refractivity (Wildman–Crippen MR) is 123 cm³/mol. The minimum atomic E-state index is -0.825. The van der Waals surface area contributed by atoms with E-state index in [9.17, 15) is 14.7 Å². The summed E-state index contributed by atoms with van der Waals surface area (Å²) >= 11 is 7.72. The number of thiophene rings is 1. The number of para-hydroxylation sites is 1. The Kier molecular flexibility index (Phi) is 6.21. The first-order chi connectivity index (χ1) is 15.5. The minimum absolute atomic E-state index is 0.0164. The fourth-order valence-corrected chi connectivity index (χ4v) is 4.76. The molecule has 6 nitrogen and oxygen atoms in total. The van der Waals surface area contributed by atoms with E-state index in [0.717, 1.165) is 4.88 Å². The third-order valence-corrected chi connectivity index (χ3v) is 6.46. The van der Waals surface area contributed by atoms with Crippen molar-refractivity contribution in [2.75, 3.05) is 14.2 Å². The standard InChI is InChI=1S/C24H20ClNO5S/c1-30-18-8-4-3-7-16(18)21-20(22(27)14-9-10-19(31-2)17(25)12-14)23(28)24(29)26(21)13-15-6-5-11-32-15/h3-12,21,27H,13H2,1-2H3/b22-20+. The van der Waals surface area contributed by atoms with Gasteiger partial charge in [-0.25, -0.2) is 0 Å². The molecule has 32 heavy (non-hydrogen) atoms. The Morgan fingerprint density at radius 1 is 1.06 bits per heavy atom. The number of hydrogen-bond acceptors (Lipinski definition) is 6. The van der Waals surface area contributed by atoms with Crippen molar-refractivity contribution < 1.29 is 24.2 Å². The number of amides is 1. The SMILES string of the molecule is COc1ccc(/C(O)=C2\C(=O)C(=O)N(Cc3cccs3)C2c2ccccc2OC)cc1Cl. The van der Waals surface area contributed by atoms with E-state index in [2.05, 4.69) is 0 Å². The van der Waals surface area contributed by atoms with Crippen molar-refractivity contribution in [2.24, 2.45) is 0 Å². The van der Waals surface area contributed by atoms with Gasteiger partial charge >= 0.3 is 0 Å². The van der Waals surface area contributed by atoms with Gasteiger partial charge in [0.25, 0.3) is 11.7 Å². The van der Waals surface area contributed by atoms with Crippen LogP contribution in [0.3, 0.4) is 0 Å². The van der Waals surface area contributed by atoms with Crippen LogP contribution in [0.2, 0.25) is 5.02 Å². The molecule has 4 rings (SSSR count). The Hall–Kier alpha value is -3.29. The highest BCUT2D eigenvalue weighted by Crippen LogP contribution is 2.44. The number of rotatable bonds is 6. The molecule has 2 aromatic carbocycles. The lowest BCUT2D eigenvalue weighted by molar-refractivity contribution is -0.140. The first-order valence-corrected chi connectivity index (χ1v) is 11.0. The van der Waals surface area contributed by atoms with E-state index in [1.807, 2.05) is 17.5 Å².